The van der Waals surface area contributed by atoms with Crippen LogP contribution in [0.4, 0.5) is 4.79 Å². The molecule has 0 unspecified atom stereocenters. The van der Waals surface area contributed by atoms with Gasteiger partial charge in [0, 0.05) is 22.5 Å². The van der Waals surface area contributed by atoms with Gasteiger partial charge in [-0.25, -0.2) is 4.79 Å². The number of hydrogen-bond acceptors (Lipinski definition) is 5. The molecular formula is C25H23N3O4. The molecule has 0 saturated heterocycles. The summed E-state index contributed by atoms with van der Waals surface area (Å²) in [6.07, 6.45) is 1.08. The van der Waals surface area contributed by atoms with Gasteiger partial charge in [-0.2, -0.15) is 5.26 Å². The van der Waals surface area contributed by atoms with E-state index in [-0.39, 0.29) is 5.78 Å². The van der Waals surface area contributed by atoms with Gasteiger partial charge in [-0.1, -0.05) is 0 Å². The monoisotopic (exact) mass is 429 g/mol. The second-order valence-electron chi connectivity index (χ2n) is 8.63. The number of carbonyl (C=O) groups excluding carboxylic acids is 2. The highest BCUT2D eigenvalue weighted by Crippen LogP contribution is 2.34. The van der Waals surface area contributed by atoms with Crippen molar-refractivity contribution in [2.75, 3.05) is 7.11 Å². The van der Waals surface area contributed by atoms with Crippen molar-refractivity contribution in [3.05, 3.63) is 65.0 Å². The molecule has 0 bridgehead atoms. The van der Waals surface area contributed by atoms with Gasteiger partial charge in [0.1, 0.15) is 11.4 Å². The van der Waals surface area contributed by atoms with Crippen LogP contribution in [0, 0.1) is 18.3 Å². The zero-order chi connectivity index (χ0) is 23.2. The van der Waals surface area contributed by atoms with E-state index in [9.17, 15) is 9.59 Å². The molecule has 0 aliphatic carbocycles. The van der Waals surface area contributed by atoms with Crippen molar-refractivity contribution in [3.63, 3.8) is 0 Å². The Labute approximate surface area is 185 Å². The molecule has 32 heavy (non-hydrogen) atoms. The maximum atomic E-state index is 13.6. The van der Waals surface area contributed by atoms with Crippen molar-refractivity contribution >= 4 is 33.7 Å². The summed E-state index contributed by atoms with van der Waals surface area (Å²) in [5, 5.41) is 10.5. The lowest BCUT2D eigenvalue weighted by Crippen LogP contribution is -2.26. The van der Waals surface area contributed by atoms with Crippen LogP contribution in [0.1, 0.15) is 48.0 Å². The molecule has 7 nitrogen and oxygen atoms in total. The van der Waals surface area contributed by atoms with Gasteiger partial charge in [-0.3, -0.25) is 9.36 Å². The fourth-order valence-corrected chi connectivity index (χ4v) is 3.82. The molecule has 2 heterocycles. The first-order chi connectivity index (χ1) is 15.1. The van der Waals surface area contributed by atoms with Crippen LogP contribution >= 0.6 is 0 Å². The summed E-state index contributed by atoms with van der Waals surface area (Å²) in [5.41, 5.74) is 2.69. The van der Waals surface area contributed by atoms with Crippen molar-refractivity contribution < 1.29 is 19.1 Å². The third-order valence-electron chi connectivity index (χ3n) is 5.15. The summed E-state index contributed by atoms with van der Waals surface area (Å²) in [6.45, 7) is 7.26. The molecule has 4 rings (SSSR count). The van der Waals surface area contributed by atoms with Gasteiger partial charge in [0.15, 0.2) is 0 Å². The minimum atomic E-state index is -0.653. The van der Waals surface area contributed by atoms with Gasteiger partial charge in [0.2, 0.25) is 5.78 Å². The van der Waals surface area contributed by atoms with Crippen LogP contribution in [0.15, 0.2) is 42.6 Å². The number of ketones is 1. The number of methoxy groups -OCH3 is 1. The summed E-state index contributed by atoms with van der Waals surface area (Å²) in [6, 6.07) is 12.5. The van der Waals surface area contributed by atoms with Crippen LogP contribution < -0.4 is 4.74 Å². The predicted octanol–water partition coefficient (Wildman–Crippen LogP) is 5.33. The van der Waals surface area contributed by atoms with E-state index in [1.54, 1.807) is 63.4 Å². The minimum Gasteiger partial charge on any atom is -0.496 e. The van der Waals surface area contributed by atoms with E-state index in [2.05, 4.69) is 11.1 Å². The Balaban J connectivity index is 1.88. The normalized spacial score (nSPS) is 11.5. The number of benzene rings is 2. The lowest BCUT2D eigenvalue weighted by Gasteiger charge is -2.20. The number of rotatable bonds is 3. The molecule has 162 valence electrons. The topological polar surface area (TPSA) is 97.1 Å². The largest absolute Gasteiger partial charge is 0.496 e. The van der Waals surface area contributed by atoms with Gasteiger partial charge >= 0.3 is 6.09 Å². The maximum Gasteiger partial charge on any atom is 0.419 e. The summed E-state index contributed by atoms with van der Waals surface area (Å²) >= 11 is 0. The standard InChI is InChI=1S/C25H23N3O4/c1-14-10-20(31-5)21(17-8-9-28(22(14)17)24(30)32-25(2,3)4)23(29)19-12-16-11-15(13-26)6-7-18(16)27-19/h6-12,27H,1-5H3. The highest BCUT2D eigenvalue weighted by molar-refractivity contribution is 6.19. The summed E-state index contributed by atoms with van der Waals surface area (Å²) in [4.78, 5) is 29.5. The highest BCUT2D eigenvalue weighted by atomic mass is 16.6. The predicted molar refractivity (Wildman–Crippen MR) is 121 cm³/mol. The Morgan fingerprint density at radius 3 is 2.53 bits per heavy atom. The number of carbonyl (C=O) groups is 2. The van der Waals surface area contributed by atoms with Crippen molar-refractivity contribution in [3.8, 4) is 11.8 Å². The number of nitriles is 1. The molecule has 0 saturated carbocycles. The zero-order valence-electron chi connectivity index (χ0n) is 18.6. The molecule has 0 radical (unpaired) electrons. The van der Waals surface area contributed by atoms with E-state index in [1.165, 1.54) is 11.7 Å². The fraction of sp³-hybridized carbons (Fsp3) is 0.240. The Bertz CT molecular complexity index is 1430. The molecule has 0 amide bonds. The van der Waals surface area contributed by atoms with Gasteiger partial charge in [0.25, 0.3) is 0 Å². The lowest BCUT2D eigenvalue weighted by molar-refractivity contribution is 0.0544. The minimum absolute atomic E-state index is 0.275. The Morgan fingerprint density at radius 2 is 1.88 bits per heavy atom. The number of H-pyrrole nitrogens is 1. The van der Waals surface area contributed by atoms with Crippen LogP contribution in [0.5, 0.6) is 5.75 Å². The Hall–Kier alpha value is -4.05. The quantitative estimate of drug-likeness (QED) is 0.444. The number of hydrogen-bond donors (Lipinski definition) is 1. The fourth-order valence-electron chi connectivity index (χ4n) is 3.82. The first-order valence-corrected chi connectivity index (χ1v) is 10.1. The van der Waals surface area contributed by atoms with Gasteiger partial charge in [-0.15, -0.1) is 0 Å². The third-order valence-corrected chi connectivity index (χ3v) is 5.15. The molecule has 0 spiro atoms. The lowest BCUT2D eigenvalue weighted by atomic mass is 9.99. The number of ether oxygens (including phenoxy) is 2. The van der Waals surface area contributed by atoms with E-state index in [0.717, 1.165) is 16.5 Å². The molecule has 0 aliphatic rings. The van der Waals surface area contributed by atoms with E-state index in [4.69, 9.17) is 14.7 Å². The number of aromatic nitrogens is 2. The molecule has 0 atom stereocenters. The number of aromatic amines is 1. The number of nitrogens with one attached hydrogen (secondary N) is 1. The Morgan fingerprint density at radius 1 is 1.12 bits per heavy atom. The van der Waals surface area contributed by atoms with Crippen molar-refractivity contribution in [2.45, 2.75) is 33.3 Å². The smallest absolute Gasteiger partial charge is 0.419 e. The average Bonchev–Trinajstić information content (AvgIpc) is 3.36. The average molecular weight is 429 g/mol. The van der Waals surface area contributed by atoms with Crippen molar-refractivity contribution in [1.82, 2.24) is 9.55 Å². The second kappa shape index (κ2) is 7.57. The molecular weight excluding hydrogens is 406 g/mol. The molecule has 1 N–H and O–H groups in total. The summed E-state index contributed by atoms with van der Waals surface area (Å²) in [5.74, 6) is 0.141. The van der Waals surface area contributed by atoms with Gasteiger partial charge in [-0.05, 0) is 69.7 Å². The number of fused-ring (bicyclic) bond motifs is 2. The first kappa shape index (κ1) is 21.2. The molecule has 0 aliphatic heterocycles. The van der Waals surface area contributed by atoms with Crippen LogP contribution in [0.2, 0.25) is 0 Å². The number of nitrogens with zero attached hydrogens (tertiary/aromatic N) is 2. The van der Waals surface area contributed by atoms with Gasteiger partial charge < -0.3 is 14.5 Å². The van der Waals surface area contributed by atoms with E-state index >= 15 is 0 Å². The first-order valence-electron chi connectivity index (χ1n) is 10.1. The van der Waals surface area contributed by atoms with Crippen LogP contribution in [0.25, 0.3) is 21.8 Å². The van der Waals surface area contributed by atoms with E-state index in [1.807, 2.05) is 6.92 Å². The molecule has 4 aromatic rings. The van der Waals surface area contributed by atoms with E-state index < -0.39 is 11.7 Å². The molecule has 7 heteroatoms. The highest BCUT2D eigenvalue weighted by Gasteiger charge is 2.26. The van der Waals surface area contributed by atoms with Crippen molar-refractivity contribution in [1.29, 1.82) is 5.26 Å². The SMILES string of the molecule is COc1cc(C)c2c(ccn2C(=O)OC(C)(C)C)c1C(=O)c1cc2cc(C#N)ccc2[nH]1. The zero-order valence-corrected chi connectivity index (χ0v) is 18.6. The Kier molecular flexibility index (Phi) is 5.02. The molecule has 2 aromatic heterocycles. The summed E-state index contributed by atoms with van der Waals surface area (Å²) in [7, 11) is 1.51. The maximum absolute atomic E-state index is 13.6. The van der Waals surface area contributed by atoms with Crippen molar-refractivity contribution in [2.24, 2.45) is 0 Å². The summed E-state index contributed by atoms with van der Waals surface area (Å²) < 4.78 is 12.5. The second-order valence-corrected chi connectivity index (χ2v) is 8.63. The van der Waals surface area contributed by atoms with Crippen LogP contribution in [-0.4, -0.2) is 34.1 Å². The molecule has 2 aromatic carbocycles. The van der Waals surface area contributed by atoms with Crippen LogP contribution in [-0.2, 0) is 4.74 Å². The van der Waals surface area contributed by atoms with E-state index in [0.29, 0.717) is 33.5 Å². The van der Waals surface area contributed by atoms with Gasteiger partial charge in [0.05, 0.1) is 35.5 Å². The molecule has 0 fully saturated rings. The third kappa shape index (κ3) is 3.60. The number of aryl methyl sites for hydroxylation is 1. The van der Waals surface area contributed by atoms with Crippen LogP contribution in [0.3, 0.4) is 0 Å².